The third kappa shape index (κ3) is 2.18. The Hall–Kier alpha value is -1.76. The number of nitrogens with one attached hydrogen (secondary N) is 1. The van der Waals surface area contributed by atoms with Crippen molar-refractivity contribution in [2.75, 3.05) is 0 Å². The fourth-order valence-electron chi connectivity index (χ4n) is 1.14. The smallest absolute Gasteiger partial charge is 0.341 e. The molecule has 0 bridgehead atoms. The van der Waals surface area contributed by atoms with Crippen LogP contribution in [0.4, 0.5) is 8.78 Å². The summed E-state index contributed by atoms with van der Waals surface area (Å²) in [7, 11) is 0. The zero-order valence-corrected chi connectivity index (χ0v) is 7.46. The summed E-state index contributed by atoms with van der Waals surface area (Å²) in [6.45, 7) is -0.322. The predicted molar refractivity (Wildman–Crippen MR) is 46.9 cm³/mol. The summed E-state index contributed by atoms with van der Waals surface area (Å²) in [4.78, 5) is 23.9. The minimum atomic E-state index is -2.87. The van der Waals surface area contributed by atoms with Crippen LogP contribution in [-0.4, -0.2) is 16.1 Å². The van der Waals surface area contributed by atoms with Gasteiger partial charge in [0.1, 0.15) is 5.56 Å². The van der Waals surface area contributed by atoms with Crippen LogP contribution in [0.5, 0.6) is 0 Å². The number of rotatable bonds is 3. The first kappa shape index (κ1) is 11.3. The van der Waals surface area contributed by atoms with Crippen molar-refractivity contribution < 1.29 is 18.7 Å². The fraction of sp³-hybridized carbons (Fsp3) is 0.250. The van der Waals surface area contributed by atoms with Gasteiger partial charge < -0.3 is 15.8 Å². The minimum absolute atomic E-state index is 0.203. The van der Waals surface area contributed by atoms with Gasteiger partial charge in [0.15, 0.2) is 5.43 Å². The molecular formula is C8H8F2N2O3. The molecule has 4 N–H and O–H groups in total. The van der Waals surface area contributed by atoms with E-state index in [4.69, 9.17) is 10.8 Å². The molecule has 0 saturated carbocycles. The molecule has 1 aromatic rings. The zero-order valence-electron chi connectivity index (χ0n) is 7.46. The maximum atomic E-state index is 12.2. The molecule has 0 aromatic carbocycles. The first-order valence-electron chi connectivity index (χ1n) is 3.95. The topological polar surface area (TPSA) is 96.2 Å². The molecule has 1 heterocycles. The molecule has 82 valence electrons. The molecule has 0 fully saturated rings. The molecule has 1 aromatic heterocycles. The first-order valence-corrected chi connectivity index (χ1v) is 3.95. The Bertz CT molecular complexity index is 442. The van der Waals surface area contributed by atoms with E-state index in [0.717, 1.165) is 0 Å². The molecular weight excluding hydrogens is 210 g/mol. The number of aromatic amines is 1. The highest BCUT2D eigenvalue weighted by Gasteiger charge is 2.18. The average molecular weight is 218 g/mol. The lowest BCUT2D eigenvalue weighted by Gasteiger charge is -2.06. The van der Waals surface area contributed by atoms with Gasteiger partial charge in [0.05, 0.1) is 5.69 Å². The molecule has 0 aliphatic heterocycles. The monoisotopic (exact) mass is 218 g/mol. The molecule has 15 heavy (non-hydrogen) atoms. The summed E-state index contributed by atoms with van der Waals surface area (Å²) < 4.78 is 24.5. The van der Waals surface area contributed by atoms with Gasteiger partial charge in [0.25, 0.3) is 6.43 Å². The summed E-state index contributed by atoms with van der Waals surface area (Å²) in [5.41, 5.74) is 2.74. The summed E-state index contributed by atoms with van der Waals surface area (Å²) in [6.07, 6.45) is -2.87. The van der Waals surface area contributed by atoms with E-state index in [1.807, 2.05) is 0 Å². The van der Waals surface area contributed by atoms with Gasteiger partial charge in [-0.2, -0.15) is 0 Å². The van der Waals surface area contributed by atoms with Crippen LogP contribution in [0.25, 0.3) is 0 Å². The quantitative estimate of drug-likeness (QED) is 0.687. The lowest BCUT2D eigenvalue weighted by molar-refractivity contribution is 0.0692. The SMILES string of the molecule is NCc1[nH]c(C(F)F)cc(=O)c1C(=O)O. The number of carboxylic acid groups (broad SMARTS) is 1. The van der Waals surface area contributed by atoms with Crippen molar-refractivity contribution in [1.82, 2.24) is 4.98 Å². The third-order valence-corrected chi connectivity index (χ3v) is 1.78. The lowest BCUT2D eigenvalue weighted by atomic mass is 10.1. The molecule has 0 amide bonds. The highest BCUT2D eigenvalue weighted by atomic mass is 19.3. The normalized spacial score (nSPS) is 10.7. The highest BCUT2D eigenvalue weighted by Crippen LogP contribution is 2.15. The van der Waals surface area contributed by atoms with Crippen LogP contribution >= 0.6 is 0 Å². The summed E-state index contributed by atoms with van der Waals surface area (Å²) in [5.74, 6) is -1.49. The number of aromatic nitrogens is 1. The fourth-order valence-corrected chi connectivity index (χ4v) is 1.14. The zero-order chi connectivity index (χ0) is 11.6. The lowest BCUT2D eigenvalue weighted by Crippen LogP contribution is -2.22. The third-order valence-electron chi connectivity index (χ3n) is 1.78. The van der Waals surface area contributed by atoms with E-state index in [1.165, 1.54) is 0 Å². The Balaban J connectivity index is 3.44. The van der Waals surface area contributed by atoms with Crippen molar-refractivity contribution in [3.8, 4) is 0 Å². The van der Waals surface area contributed by atoms with Gasteiger partial charge in [0.2, 0.25) is 0 Å². The number of aromatic carboxylic acids is 1. The maximum absolute atomic E-state index is 12.2. The van der Waals surface area contributed by atoms with E-state index < -0.39 is 29.1 Å². The predicted octanol–water partition coefficient (Wildman–Crippen LogP) is 0.469. The largest absolute Gasteiger partial charge is 0.477 e. The summed E-state index contributed by atoms with van der Waals surface area (Å²) in [6, 6.07) is 0.563. The van der Waals surface area contributed by atoms with Crippen molar-refractivity contribution in [1.29, 1.82) is 0 Å². The van der Waals surface area contributed by atoms with Crippen molar-refractivity contribution in [3.05, 3.63) is 33.2 Å². The molecule has 5 nitrogen and oxygen atoms in total. The Labute approximate surface area is 82.5 Å². The number of pyridine rings is 1. The number of H-pyrrole nitrogens is 1. The first-order chi connectivity index (χ1) is 6.97. The number of hydrogen-bond donors (Lipinski definition) is 3. The number of alkyl halides is 2. The van der Waals surface area contributed by atoms with Gasteiger partial charge in [0, 0.05) is 18.3 Å². The second kappa shape index (κ2) is 4.18. The van der Waals surface area contributed by atoms with Crippen LogP contribution in [0.1, 0.15) is 28.2 Å². The van der Waals surface area contributed by atoms with Crippen LogP contribution < -0.4 is 11.2 Å². The molecule has 0 aliphatic rings. The van der Waals surface area contributed by atoms with E-state index in [-0.39, 0.29) is 12.2 Å². The van der Waals surface area contributed by atoms with Gasteiger partial charge in [-0.1, -0.05) is 0 Å². The van der Waals surface area contributed by atoms with Gasteiger partial charge in [-0.05, 0) is 0 Å². The second-order valence-corrected chi connectivity index (χ2v) is 2.75. The van der Waals surface area contributed by atoms with Crippen molar-refractivity contribution in [2.24, 2.45) is 5.73 Å². The number of carboxylic acids is 1. The average Bonchev–Trinajstić information content (AvgIpc) is 2.15. The van der Waals surface area contributed by atoms with E-state index in [9.17, 15) is 18.4 Å². The van der Waals surface area contributed by atoms with Gasteiger partial charge >= 0.3 is 5.97 Å². The van der Waals surface area contributed by atoms with Crippen LogP contribution in [0.15, 0.2) is 10.9 Å². The molecule has 0 spiro atoms. The molecule has 0 unspecified atom stereocenters. The number of hydrogen-bond acceptors (Lipinski definition) is 3. The van der Waals surface area contributed by atoms with Crippen molar-refractivity contribution >= 4 is 5.97 Å². The van der Waals surface area contributed by atoms with E-state index in [2.05, 4.69) is 4.98 Å². The van der Waals surface area contributed by atoms with E-state index in [1.54, 1.807) is 0 Å². The maximum Gasteiger partial charge on any atom is 0.341 e. The van der Waals surface area contributed by atoms with E-state index >= 15 is 0 Å². The van der Waals surface area contributed by atoms with Crippen LogP contribution in [-0.2, 0) is 6.54 Å². The van der Waals surface area contributed by atoms with E-state index in [0.29, 0.717) is 6.07 Å². The van der Waals surface area contributed by atoms with Gasteiger partial charge in [-0.3, -0.25) is 4.79 Å². The van der Waals surface area contributed by atoms with Gasteiger partial charge in [-0.15, -0.1) is 0 Å². The van der Waals surface area contributed by atoms with Crippen LogP contribution in [0.3, 0.4) is 0 Å². The number of halogens is 2. The Morgan fingerprint density at radius 1 is 1.60 bits per heavy atom. The second-order valence-electron chi connectivity index (χ2n) is 2.75. The van der Waals surface area contributed by atoms with Crippen molar-refractivity contribution in [2.45, 2.75) is 13.0 Å². The highest BCUT2D eigenvalue weighted by molar-refractivity contribution is 5.88. The Kier molecular flexibility index (Phi) is 3.15. The van der Waals surface area contributed by atoms with Crippen LogP contribution in [0.2, 0.25) is 0 Å². The Morgan fingerprint density at radius 3 is 2.60 bits per heavy atom. The minimum Gasteiger partial charge on any atom is -0.477 e. The number of carbonyl (C=O) groups is 1. The molecule has 0 radical (unpaired) electrons. The number of nitrogens with two attached hydrogens (primary N) is 1. The van der Waals surface area contributed by atoms with Gasteiger partial charge in [-0.25, -0.2) is 13.6 Å². The molecule has 1 rings (SSSR count). The molecule has 0 atom stereocenters. The summed E-state index contributed by atoms with van der Waals surface area (Å²) in [5, 5.41) is 8.64. The summed E-state index contributed by atoms with van der Waals surface area (Å²) >= 11 is 0. The van der Waals surface area contributed by atoms with Crippen LogP contribution in [0, 0.1) is 0 Å². The Morgan fingerprint density at radius 2 is 2.20 bits per heavy atom. The molecule has 0 saturated heterocycles. The van der Waals surface area contributed by atoms with Crippen molar-refractivity contribution in [3.63, 3.8) is 0 Å². The standard InChI is InChI=1S/C8H8F2N2O3/c9-7(10)3-1-5(13)6(8(14)15)4(2-11)12-3/h1,7H,2,11H2,(H,12,13)(H,14,15). The molecule has 7 heteroatoms. The molecule has 0 aliphatic carbocycles.